The van der Waals surface area contributed by atoms with Crippen molar-refractivity contribution in [2.75, 3.05) is 6.61 Å². The molecule has 7 nitrogen and oxygen atoms in total. The van der Waals surface area contributed by atoms with Crippen molar-refractivity contribution >= 4 is 17.9 Å². The van der Waals surface area contributed by atoms with Gasteiger partial charge in [0.15, 0.2) is 0 Å². The minimum atomic E-state index is -0.711. The molecule has 0 aliphatic rings. The Morgan fingerprint density at radius 2 is 1.31 bits per heavy atom. The van der Waals surface area contributed by atoms with Crippen LogP contribution in [0.15, 0.2) is 25.3 Å². The summed E-state index contributed by atoms with van der Waals surface area (Å²) in [5, 5.41) is 0. The van der Waals surface area contributed by atoms with Gasteiger partial charge in [-0.1, -0.05) is 13.2 Å². The van der Waals surface area contributed by atoms with Gasteiger partial charge in [-0.2, -0.15) is 0 Å². The lowest BCUT2D eigenvalue weighted by atomic mass is 10.6. The van der Waals surface area contributed by atoms with Gasteiger partial charge >= 0.3 is 6.09 Å². The fourth-order valence-corrected chi connectivity index (χ4v) is 0.142. The van der Waals surface area contributed by atoms with E-state index in [2.05, 4.69) is 35.1 Å². The standard InChI is InChI=1S/C3H7NO2.2C3H5NO/c1-2-6-3(4)5;2*1-2-3(4)5/h2H2,1H3,(H2,4,5);2*2H,1H2,(H2,4,5). The van der Waals surface area contributed by atoms with Crippen LogP contribution in [0.2, 0.25) is 0 Å². The zero-order valence-electron chi connectivity index (χ0n) is 9.14. The third kappa shape index (κ3) is 60.7. The predicted octanol–water partition coefficient (Wildman–Crippen LogP) is -0.583. The second-order valence-corrected chi connectivity index (χ2v) is 1.97. The Morgan fingerprint density at radius 1 is 1.06 bits per heavy atom. The van der Waals surface area contributed by atoms with Gasteiger partial charge in [0.25, 0.3) is 0 Å². The van der Waals surface area contributed by atoms with Crippen LogP contribution in [0.25, 0.3) is 0 Å². The summed E-state index contributed by atoms with van der Waals surface area (Å²) in [6.07, 6.45) is 1.40. The molecule has 0 heterocycles. The molecule has 6 N–H and O–H groups in total. The summed E-state index contributed by atoms with van der Waals surface area (Å²) in [5.41, 5.74) is 13.6. The average Bonchev–Trinajstić information content (AvgIpc) is 2.19. The minimum Gasteiger partial charge on any atom is -0.450 e. The number of hydrogen-bond donors (Lipinski definition) is 3. The Kier molecular flexibility index (Phi) is 18.3. The van der Waals surface area contributed by atoms with Gasteiger partial charge in [-0.25, -0.2) is 4.79 Å². The molecule has 0 saturated carbocycles. The summed E-state index contributed by atoms with van der Waals surface area (Å²) in [6.45, 7) is 8.23. The van der Waals surface area contributed by atoms with Gasteiger partial charge in [-0.3, -0.25) is 9.59 Å². The SMILES string of the molecule is C=CC(N)=O.C=CC(N)=O.CCOC(N)=O. The first-order chi connectivity index (χ1) is 7.31. The van der Waals surface area contributed by atoms with Gasteiger partial charge in [-0.05, 0) is 19.1 Å². The number of primary amides is 3. The summed E-state index contributed by atoms with van der Waals surface area (Å²) >= 11 is 0. The van der Waals surface area contributed by atoms with Crippen LogP contribution in [0, 0.1) is 0 Å². The molecule has 0 aromatic heterocycles. The average molecular weight is 231 g/mol. The molecule has 0 aromatic carbocycles. The Labute approximate surface area is 93.9 Å². The second-order valence-electron chi connectivity index (χ2n) is 1.97. The van der Waals surface area contributed by atoms with Crippen molar-refractivity contribution in [3.8, 4) is 0 Å². The highest BCUT2D eigenvalue weighted by Crippen LogP contribution is 1.66. The van der Waals surface area contributed by atoms with Crippen molar-refractivity contribution in [3.63, 3.8) is 0 Å². The minimum absolute atomic E-state index is 0.356. The lowest BCUT2D eigenvalue weighted by Gasteiger charge is -1.89. The topological polar surface area (TPSA) is 138 Å². The van der Waals surface area contributed by atoms with Crippen LogP contribution >= 0.6 is 0 Å². The van der Waals surface area contributed by atoms with Crippen LogP contribution in [-0.2, 0) is 14.3 Å². The maximum absolute atomic E-state index is 9.60. The third-order valence-corrected chi connectivity index (χ3v) is 0.689. The predicted molar refractivity (Wildman–Crippen MR) is 60.0 cm³/mol. The van der Waals surface area contributed by atoms with E-state index in [1.54, 1.807) is 6.92 Å². The number of amides is 3. The van der Waals surface area contributed by atoms with E-state index in [0.29, 0.717) is 6.61 Å². The summed E-state index contributed by atoms with van der Waals surface area (Å²) in [6, 6.07) is 0. The van der Waals surface area contributed by atoms with E-state index in [1.807, 2.05) is 0 Å². The van der Waals surface area contributed by atoms with E-state index >= 15 is 0 Å². The van der Waals surface area contributed by atoms with Crippen molar-refractivity contribution < 1.29 is 19.1 Å². The number of rotatable bonds is 3. The first-order valence-corrected chi connectivity index (χ1v) is 4.07. The Morgan fingerprint density at radius 3 is 1.31 bits per heavy atom. The largest absolute Gasteiger partial charge is 0.450 e. The van der Waals surface area contributed by atoms with Gasteiger partial charge in [0.05, 0.1) is 6.61 Å². The van der Waals surface area contributed by atoms with Crippen LogP contribution in [0.4, 0.5) is 4.79 Å². The molecule has 0 aliphatic heterocycles. The highest BCUT2D eigenvalue weighted by atomic mass is 16.5. The van der Waals surface area contributed by atoms with E-state index in [4.69, 9.17) is 0 Å². The van der Waals surface area contributed by atoms with Crippen LogP contribution in [0.5, 0.6) is 0 Å². The fraction of sp³-hybridized carbons (Fsp3) is 0.222. The van der Waals surface area contributed by atoms with Gasteiger partial charge in [0.2, 0.25) is 11.8 Å². The summed E-state index contributed by atoms with van der Waals surface area (Å²) < 4.78 is 4.18. The molecule has 3 amide bonds. The summed E-state index contributed by atoms with van der Waals surface area (Å²) in [7, 11) is 0. The molecule has 7 heteroatoms. The number of carbonyl (C=O) groups is 3. The molecule has 92 valence electrons. The second kappa shape index (κ2) is 15.2. The van der Waals surface area contributed by atoms with E-state index in [1.165, 1.54) is 0 Å². The van der Waals surface area contributed by atoms with Crippen LogP contribution in [0.3, 0.4) is 0 Å². The Bertz CT molecular complexity index is 233. The lowest BCUT2D eigenvalue weighted by molar-refractivity contribution is -0.114. The molecule has 0 atom stereocenters. The molecule has 0 unspecified atom stereocenters. The molecule has 0 radical (unpaired) electrons. The molecule has 0 bridgehead atoms. The Hall–Kier alpha value is -2.31. The van der Waals surface area contributed by atoms with Crippen LogP contribution in [-0.4, -0.2) is 24.5 Å². The fourth-order valence-electron chi connectivity index (χ4n) is 0.142. The van der Waals surface area contributed by atoms with E-state index in [0.717, 1.165) is 12.2 Å². The van der Waals surface area contributed by atoms with Gasteiger partial charge in [0.1, 0.15) is 0 Å². The maximum atomic E-state index is 9.60. The first kappa shape index (κ1) is 19.3. The molecular weight excluding hydrogens is 214 g/mol. The Balaban J connectivity index is -0.000000160. The highest BCUT2D eigenvalue weighted by Gasteiger charge is 1.82. The lowest BCUT2D eigenvalue weighted by Crippen LogP contribution is -2.11. The normalized spacial score (nSPS) is 6.81. The molecule has 16 heavy (non-hydrogen) atoms. The quantitative estimate of drug-likeness (QED) is 0.559. The molecule has 0 spiro atoms. The summed E-state index contributed by atoms with van der Waals surface area (Å²) in [5.74, 6) is -0.963. The maximum Gasteiger partial charge on any atom is 0.404 e. The van der Waals surface area contributed by atoms with Gasteiger partial charge in [-0.15, -0.1) is 0 Å². The highest BCUT2D eigenvalue weighted by molar-refractivity contribution is 5.85. The molecule has 0 fully saturated rings. The number of carbonyl (C=O) groups excluding carboxylic acids is 3. The molecule has 0 aromatic rings. The smallest absolute Gasteiger partial charge is 0.404 e. The molecule has 0 rings (SSSR count). The van der Waals surface area contributed by atoms with Crippen molar-refractivity contribution in [2.24, 2.45) is 17.2 Å². The monoisotopic (exact) mass is 231 g/mol. The number of hydrogen-bond acceptors (Lipinski definition) is 4. The molecule has 0 saturated heterocycles. The van der Waals surface area contributed by atoms with Crippen molar-refractivity contribution in [3.05, 3.63) is 25.3 Å². The van der Waals surface area contributed by atoms with Crippen molar-refractivity contribution in [1.82, 2.24) is 0 Å². The first-order valence-electron chi connectivity index (χ1n) is 4.07. The summed E-state index contributed by atoms with van der Waals surface area (Å²) in [4.78, 5) is 28.5. The molecular formula is C9H17N3O4. The number of ether oxygens (including phenoxy) is 1. The zero-order valence-corrected chi connectivity index (χ0v) is 9.14. The van der Waals surface area contributed by atoms with Crippen LogP contribution in [0.1, 0.15) is 6.92 Å². The number of nitrogens with two attached hydrogens (primary N) is 3. The molecule has 0 aliphatic carbocycles. The van der Waals surface area contributed by atoms with Crippen LogP contribution < -0.4 is 17.2 Å². The van der Waals surface area contributed by atoms with Gasteiger partial charge < -0.3 is 21.9 Å². The van der Waals surface area contributed by atoms with Crippen molar-refractivity contribution in [2.45, 2.75) is 6.92 Å². The zero-order chi connectivity index (χ0) is 13.6. The third-order valence-electron chi connectivity index (χ3n) is 0.689. The van der Waals surface area contributed by atoms with Gasteiger partial charge in [0, 0.05) is 0 Å². The van der Waals surface area contributed by atoms with E-state index in [-0.39, 0.29) is 0 Å². The van der Waals surface area contributed by atoms with E-state index in [9.17, 15) is 14.4 Å². The van der Waals surface area contributed by atoms with E-state index < -0.39 is 17.9 Å². The van der Waals surface area contributed by atoms with Crippen molar-refractivity contribution in [1.29, 1.82) is 0 Å².